The fourth-order valence-electron chi connectivity index (χ4n) is 1.24. The third-order valence-electron chi connectivity index (χ3n) is 1.97. The molecule has 1 unspecified atom stereocenters. The van der Waals surface area contributed by atoms with Crippen molar-refractivity contribution in [2.45, 2.75) is 13.0 Å². The molecule has 0 spiro atoms. The molecule has 2 aromatic rings. The molecule has 0 aliphatic heterocycles. The Balaban J connectivity index is 2.29. The Morgan fingerprint density at radius 2 is 1.93 bits per heavy atom. The van der Waals surface area contributed by atoms with E-state index in [4.69, 9.17) is 5.73 Å². The lowest BCUT2D eigenvalue weighted by Crippen LogP contribution is -2.11. The van der Waals surface area contributed by atoms with Crippen molar-refractivity contribution < 1.29 is 0 Å². The largest absolute Gasteiger partial charge is 0.318 e. The van der Waals surface area contributed by atoms with E-state index in [1.807, 2.05) is 37.3 Å². The van der Waals surface area contributed by atoms with Gasteiger partial charge in [0.2, 0.25) is 0 Å². The van der Waals surface area contributed by atoms with Crippen molar-refractivity contribution in [3.63, 3.8) is 0 Å². The zero-order valence-corrected chi connectivity index (χ0v) is 8.66. The average Bonchev–Trinajstić information content (AvgIpc) is 2.65. The van der Waals surface area contributed by atoms with Gasteiger partial charge in [-0.05, 0) is 12.5 Å². The molecule has 1 aromatic heterocycles. The van der Waals surface area contributed by atoms with Crippen LogP contribution in [-0.4, -0.2) is 10.2 Å². The Labute approximate surface area is 86.6 Å². The highest BCUT2D eigenvalue weighted by molar-refractivity contribution is 7.11. The van der Waals surface area contributed by atoms with Gasteiger partial charge in [0.25, 0.3) is 0 Å². The predicted molar refractivity (Wildman–Crippen MR) is 57.1 cm³/mol. The SMILES string of the molecule is Cc1nnc(C(N)c2ccccc2)s1. The van der Waals surface area contributed by atoms with Gasteiger partial charge in [-0.15, -0.1) is 10.2 Å². The lowest BCUT2D eigenvalue weighted by molar-refractivity contribution is 0.827. The van der Waals surface area contributed by atoms with Crippen molar-refractivity contribution >= 4 is 11.3 Å². The number of aryl methyl sites for hydroxylation is 1. The van der Waals surface area contributed by atoms with Crippen molar-refractivity contribution in [3.05, 3.63) is 45.9 Å². The van der Waals surface area contributed by atoms with Crippen LogP contribution in [0.5, 0.6) is 0 Å². The van der Waals surface area contributed by atoms with E-state index in [2.05, 4.69) is 10.2 Å². The van der Waals surface area contributed by atoms with Gasteiger partial charge in [0.1, 0.15) is 10.0 Å². The number of nitrogens with zero attached hydrogens (tertiary/aromatic N) is 2. The zero-order valence-electron chi connectivity index (χ0n) is 7.84. The van der Waals surface area contributed by atoms with Gasteiger partial charge in [-0.25, -0.2) is 0 Å². The average molecular weight is 205 g/mol. The smallest absolute Gasteiger partial charge is 0.138 e. The van der Waals surface area contributed by atoms with Crippen LogP contribution in [0.25, 0.3) is 0 Å². The van der Waals surface area contributed by atoms with E-state index in [1.54, 1.807) is 11.3 Å². The van der Waals surface area contributed by atoms with Crippen molar-refractivity contribution in [3.8, 4) is 0 Å². The molecule has 2 N–H and O–H groups in total. The molecular weight excluding hydrogens is 194 g/mol. The van der Waals surface area contributed by atoms with Gasteiger partial charge in [-0.3, -0.25) is 0 Å². The van der Waals surface area contributed by atoms with E-state index in [-0.39, 0.29) is 6.04 Å². The van der Waals surface area contributed by atoms with Crippen molar-refractivity contribution in [1.29, 1.82) is 0 Å². The van der Waals surface area contributed by atoms with Crippen molar-refractivity contribution in [2.24, 2.45) is 5.73 Å². The van der Waals surface area contributed by atoms with Crippen LogP contribution in [-0.2, 0) is 0 Å². The lowest BCUT2D eigenvalue weighted by atomic mass is 10.1. The fraction of sp³-hybridized carbons (Fsp3) is 0.200. The maximum atomic E-state index is 6.04. The zero-order chi connectivity index (χ0) is 9.97. The second kappa shape index (κ2) is 3.86. The second-order valence-electron chi connectivity index (χ2n) is 3.05. The molecule has 1 atom stereocenters. The van der Waals surface area contributed by atoms with Gasteiger partial charge < -0.3 is 5.73 Å². The lowest BCUT2D eigenvalue weighted by Gasteiger charge is -2.06. The third-order valence-corrected chi connectivity index (χ3v) is 2.89. The normalized spacial score (nSPS) is 12.7. The number of rotatable bonds is 2. The van der Waals surface area contributed by atoms with Gasteiger partial charge in [0.05, 0.1) is 6.04 Å². The third kappa shape index (κ3) is 1.81. The molecule has 0 saturated carbocycles. The number of benzene rings is 1. The highest BCUT2D eigenvalue weighted by Crippen LogP contribution is 2.21. The minimum atomic E-state index is -0.151. The second-order valence-corrected chi connectivity index (χ2v) is 4.26. The van der Waals surface area contributed by atoms with E-state index in [1.165, 1.54) is 0 Å². The number of aromatic nitrogens is 2. The Kier molecular flexibility index (Phi) is 2.56. The maximum Gasteiger partial charge on any atom is 0.138 e. The molecular formula is C10H11N3S. The Morgan fingerprint density at radius 1 is 1.21 bits per heavy atom. The summed E-state index contributed by atoms with van der Waals surface area (Å²) in [4.78, 5) is 0. The molecule has 2 rings (SSSR count). The summed E-state index contributed by atoms with van der Waals surface area (Å²) in [6.07, 6.45) is 0. The molecule has 0 radical (unpaired) electrons. The highest BCUT2D eigenvalue weighted by Gasteiger charge is 2.12. The first kappa shape index (κ1) is 9.30. The summed E-state index contributed by atoms with van der Waals surface area (Å²) in [5.74, 6) is 0. The van der Waals surface area contributed by atoms with E-state index in [9.17, 15) is 0 Å². The highest BCUT2D eigenvalue weighted by atomic mass is 32.1. The molecule has 0 saturated heterocycles. The van der Waals surface area contributed by atoms with Crippen LogP contribution < -0.4 is 5.73 Å². The molecule has 0 fully saturated rings. The van der Waals surface area contributed by atoms with Crippen molar-refractivity contribution in [1.82, 2.24) is 10.2 Å². The molecule has 0 aliphatic rings. The van der Waals surface area contributed by atoms with Crippen LogP contribution in [0.1, 0.15) is 21.6 Å². The van der Waals surface area contributed by atoms with Gasteiger partial charge in [0.15, 0.2) is 0 Å². The summed E-state index contributed by atoms with van der Waals surface area (Å²) in [6.45, 7) is 1.93. The summed E-state index contributed by atoms with van der Waals surface area (Å²) in [7, 11) is 0. The van der Waals surface area contributed by atoms with Crippen LogP contribution in [0, 0.1) is 6.92 Å². The molecule has 1 heterocycles. The molecule has 0 amide bonds. The Bertz CT molecular complexity index is 410. The van der Waals surface area contributed by atoms with Gasteiger partial charge >= 0.3 is 0 Å². The summed E-state index contributed by atoms with van der Waals surface area (Å²) in [5, 5.41) is 9.81. The van der Waals surface area contributed by atoms with Crippen LogP contribution in [0.2, 0.25) is 0 Å². The van der Waals surface area contributed by atoms with Crippen LogP contribution in [0.3, 0.4) is 0 Å². The first-order valence-corrected chi connectivity index (χ1v) is 5.19. The van der Waals surface area contributed by atoms with Gasteiger partial charge in [-0.1, -0.05) is 41.7 Å². The standard InChI is InChI=1S/C10H11N3S/c1-7-12-13-10(14-7)9(11)8-5-3-2-4-6-8/h2-6,9H,11H2,1H3. The Morgan fingerprint density at radius 3 is 2.50 bits per heavy atom. The molecule has 0 bridgehead atoms. The van der Waals surface area contributed by atoms with Crippen LogP contribution >= 0.6 is 11.3 Å². The quantitative estimate of drug-likeness (QED) is 0.814. The van der Waals surface area contributed by atoms with E-state index in [0.29, 0.717) is 0 Å². The molecule has 1 aromatic carbocycles. The molecule has 3 nitrogen and oxygen atoms in total. The first-order chi connectivity index (χ1) is 6.77. The summed E-state index contributed by atoms with van der Waals surface area (Å²) < 4.78 is 0. The molecule has 4 heteroatoms. The van der Waals surface area contributed by atoms with Crippen molar-refractivity contribution in [2.75, 3.05) is 0 Å². The Hall–Kier alpha value is -1.26. The number of nitrogens with two attached hydrogens (primary N) is 1. The first-order valence-electron chi connectivity index (χ1n) is 4.38. The molecule has 0 aliphatic carbocycles. The van der Waals surface area contributed by atoms with E-state index in [0.717, 1.165) is 15.6 Å². The number of hydrogen-bond acceptors (Lipinski definition) is 4. The summed E-state index contributed by atoms with van der Waals surface area (Å²) in [6, 6.07) is 9.78. The minimum absolute atomic E-state index is 0.151. The topological polar surface area (TPSA) is 51.8 Å². The number of hydrogen-bond donors (Lipinski definition) is 1. The van der Waals surface area contributed by atoms with E-state index >= 15 is 0 Å². The molecule has 14 heavy (non-hydrogen) atoms. The monoisotopic (exact) mass is 205 g/mol. The maximum absolute atomic E-state index is 6.04. The fourth-order valence-corrected chi connectivity index (χ4v) is 1.97. The van der Waals surface area contributed by atoms with Gasteiger partial charge in [0, 0.05) is 0 Å². The minimum Gasteiger partial charge on any atom is -0.318 e. The summed E-state index contributed by atoms with van der Waals surface area (Å²) >= 11 is 1.54. The van der Waals surface area contributed by atoms with E-state index < -0.39 is 0 Å². The van der Waals surface area contributed by atoms with Crippen LogP contribution in [0.4, 0.5) is 0 Å². The molecule has 72 valence electrons. The summed E-state index contributed by atoms with van der Waals surface area (Å²) in [5.41, 5.74) is 7.11. The van der Waals surface area contributed by atoms with Gasteiger partial charge in [-0.2, -0.15) is 0 Å². The predicted octanol–water partition coefficient (Wildman–Crippen LogP) is 1.89. The van der Waals surface area contributed by atoms with Crippen LogP contribution in [0.15, 0.2) is 30.3 Å².